The number of rotatable bonds is 4. The van der Waals surface area contributed by atoms with Crippen molar-refractivity contribution >= 4 is 17.1 Å². The molecular formula is C31H31N. The van der Waals surface area contributed by atoms with Gasteiger partial charge in [-0.05, 0) is 64.3 Å². The molecule has 1 aliphatic rings. The first kappa shape index (κ1) is 20.6. The fraction of sp³-hybridized carbons (Fsp3) is 0.226. The molecule has 0 aromatic heterocycles. The van der Waals surface area contributed by atoms with Crippen LogP contribution >= 0.6 is 0 Å². The molecule has 0 bridgehead atoms. The molecule has 0 spiro atoms. The summed E-state index contributed by atoms with van der Waals surface area (Å²) in [6.07, 6.45) is 1.18. The average molecular weight is 418 g/mol. The molecule has 0 amide bonds. The SMILES string of the molecule is CC1(C)CC(C)(C)c2cc(-c3ccccc3N(c3ccccc3)c3ccccc3)ccc21. The van der Waals surface area contributed by atoms with Crippen LogP contribution in [0.25, 0.3) is 11.1 Å². The van der Waals surface area contributed by atoms with Crippen LogP contribution in [-0.4, -0.2) is 0 Å². The van der Waals surface area contributed by atoms with Crippen molar-refractivity contribution < 1.29 is 0 Å². The quantitative estimate of drug-likeness (QED) is 0.321. The van der Waals surface area contributed by atoms with E-state index >= 15 is 0 Å². The number of hydrogen-bond acceptors (Lipinski definition) is 1. The minimum Gasteiger partial charge on any atom is -0.310 e. The lowest BCUT2D eigenvalue weighted by Crippen LogP contribution is -2.17. The van der Waals surface area contributed by atoms with Crippen LogP contribution in [0.5, 0.6) is 0 Å². The zero-order chi connectivity index (χ0) is 22.3. The third kappa shape index (κ3) is 3.52. The lowest BCUT2D eigenvalue weighted by molar-refractivity contribution is 0.403. The highest BCUT2D eigenvalue weighted by Gasteiger charge is 2.41. The van der Waals surface area contributed by atoms with Gasteiger partial charge in [0.25, 0.3) is 0 Å². The molecule has 1 nitrogen and oxygen atoms in total. The summed E-state index contributed by atoms with van der Waals surface area (Å²) in [5.41, 5.74) is 9.43. The van der Waals surface area contributed by atoms with Crippen LogP contribution in [0.3, 0.4) is 0 Å². The molecule has 0 fully saturated rings. The molecule has 32 heavy (non-hydrogen) atoms. The van der Waals surface area contributed by atoms with Crippen molar-refractivity contribution in [3.8, 4) is 11.1 Å². The highest BCUT2D eigenvalue weighted by Crippen LogP contribution is 2.51. The van der Waals surface area contributed by atoms with Gasteiger partial charge in [-0.2, -0.15) is 0 Å². The van der Waals surface area contributed by atoms with E-state index in [0.717, 1.165) is 11.4 Å². The molecule has 0 unspecified atom stereocenters. The van der Waals surface area contributed by atoms with E-state index in [0.29, 0.717) is 0 Å². The summed E-state index contributed by atoms with van der Waals surface area (Å²) in [5, 5.41) is 0. The van der Waals surface area contributed by atoms with Gasteiger partial charge in [-0.25, -0.2) is 0 Å². The van der Waals surface area contributed by atoms with E-state index in [1.165, 1.54) is 34.4 Å². The number of fused-ring (bicyclic) bond motifs is 1. The van der Waals surface area contributed by atoms with Gasteiger partial charge in [-0.1, -0.05) is 100 Å². The second-order valence-electron chi connectivity index (χ2n) is 10.2. The van der Waals surface area contributed by atoms with Crippen LogP contribution in [0.1, 0.15) is 45.2 Å². The fourth-order valence-electron chi connectivity index (χ4n) is 5.65. The Kier molecular flexibility index (Phi) is 4.93. The van der Waals surface area contributed by atoms with E-state index in [1.807, 2.05) is 0 Å². The standard InChI is InChI=1S/C31H31N/c1-30(2)22-31(3,4)28-21-23(19-20-27(28)30)26-17-11-12-18-29(26)32(24-13-7-5-8-14-24)25-15-9-6-10-16-25/h5-21H,22H2,1-4H3. The maximum absolute atomic E-state index is 2.44. The third-order valence-corrected chi connectivity index (χ3v) is 6.85. The van der Waals surface area contributed by atoms with Crippen molar-refractivity contribution in [1.82, 2.24) is 0 Å². The van der Waals surface area contributed by atoms with Crippen molar-refractivity contribution in [2.75, 3.05) is 4.90 Å². The Labute approximate surface area is 192 Å². The van der Waals surface area contributed by atoms with Gasteiger partial charge in [0.2, 0.25) is 0 Å². The molecule has 0 aliphatic heterocycles. The first-order chi connectivity index (χ1) is 15.4. The molecule has 0 saturated carbocycles. The monoisotopic (exact) mass is 417 g/mol. The molecule has 0 atom stereocenters. The van der Waals surface area contributed by atoms with Crippen LogP contribution in [0.4, 0.5) is 17.1 Å². The van der Waals surface area contributed by atoms with Gasteiger partial charge >= 0.3 is 0 Å². The molecule has 0 N–H and O–H groups in total. The number of benzene rings is 4. The minimum atomic E-state index is 0.183. The molecular weight excluding hydrogens is 386 g/mol. The summed E-state index contributed by atoms with van der Waals surface area (Å²) in [6.45, 7) is 9.52. The van der Waals surface area contributed by atoms with Crippen molar-refractivity contribution in [2.24, 2.45) is 0 Å². The first-order valence-electron chi connectivity index (χ1n) is 11.5. The molecule has 4 aromatic carbocycles. The predicted octanol–water partition coefficient (Wildman–Crippen LogP) is 8.78. The van der Waals surface area contributed by atoms with Gasteiger partial charge in [-0.3, -0.25) is 0 Å². The van der Waals surface area contributed by atoms with Crippen LogP contribution < -0.4 is 4.90 Å². The zero-order valence-corrected chi connectivity index (χ0v) is 19.5. The van der Waals surface area contributed by atoms with Gasteiger partial charge in [0.1, 0.15) is 0 Å². The zero-order valence-electron chi connectivity index (χ0n) is 19.5. The Morgan fingerprint density at radius 1 is 0.562 bits per heavy atom. The Hall–Kier alpha value is -3.32. The van der Waals surface area contributed by atoms with E-state index in [9.17, 15) is 0 Å². The number of nitrogens with zero attached hydrogens (tertiary/aromatic N) is 1. The van der Waals surface area contributed by atoms with Crippen LogP contribution in [0.2, 0.25) is 0 Å². The van der Waals surface area contributed by atoms with E-state index in [-0.39, 0.29) is 10.8 Å². The number of anilines is 3. The molecule has 1 heteroatoms. The van der Waals surface area contributed by atoms with Crippen LogP contribution in [-0.2, 0) is 10.8 Å². The number of para-hydroxylation sites is 3. The van der Waals surface area contributed by atoms with Crippen molar-refractivity contribution in [3.05, 3.63) is 114 Å². The minimum absolute atomic E-state index is 0.183. The molecule has 0 radical (unpaired) electrons. The molecule has 0 saturated heterocycles. The van der Waals surface area contributed by atoms with E-state index in [2.05, 4.69) is 136 Å². The Balaban J connectivity index is 1.70. The van der Waals surface area contributed by atoms with Gasteiger partial charge in [0.05, 0.1) is 5.69 Å². The molecule has 1 aliphatic carbocycles. The van der Waals surface area contributed by atoms with Gasteiger partial charge in [0, 0.05) is 16.9 Å². The van der Waals surface area contributed by atoms with Crippen molar-refractivity contribution in [1.29, 1.82) is 0 Å². The molecule has 4 aromatic rings. The average Bonchev–Trinajstić information content (AvgIpc) is 2.99. The predicted molar refractivity (Wildman–Crippen MR) is 137 cm³/mol. The molecule has 160 valence electrons. The first-order valence-corrected chi connectivity index (χ1v) is 11.5. The lowest BCUT2D eigenvalue weighted by Gasteiger charge is -2.28. The van der Waals surface area contributed by atoms with Crippen LogP contribution in [0, 0.1) is 0 Å². The van der Waals surface area contributed by atoms with Gasteiger partial charge < -0.3 is 4.90 Å². The summed E-state index contributed by atoms with van der Waals surface area (Å²) in [7, 11) is 0. The fourth-order valence-corrected chi connectivity index (χ4v) is 5.65. The highest BCUT2D eigenvalue weighted by molar-refractivity contribution is 5.88. The smallest absolute Gasteiger partial charge is 0.0540 e. The van der Waals surface area contributed by atoms with E-state index in [4.69, 9.17) is 0 Å². The second kappa shape index (κ2) is 7.67. The Morgan fingerprint density at radius 2 is 1.09 bits per heavy atom. The van der Waals surface area contributed by atoms with Gasteiger partial charge in [0.15, 0.2) is 0 Å². The van der Waals surface area contributed by atoms with Crippen LogP contribution in [0.15, 0.2) is 103 Å². The second-order valence-corrected chi connectivity index (χ2v) is 10.2. The third-order valence-electron chi connectivity index (χ3n) is 6.85. The summed E-state index contributed by atoms with van der Waals surface area (Å²) in [6, 6.07) is 37.2. The van der Waals surface area contributed by atoms with E-state index < -0.39 is 0 Å². The summed E-state index contributed by atoms with van der Waals surface area (Å²) < 4.78 is 0. The normalized spacial score (nSPS) is 15.9. The summed E-state index contributed by atoms with van der Waals surface area (Å²) in [4.78, 5) is 2.36. The summed E-state index contributed by atoms with van der Waals surface area (Å²) in [5.74, 6) is 0. The molecule has 0 heterocycles. The largest absolute Gasteiger partial charge is 0.310 e. The Bertz CT molecular complexity index is 1200. The van der Waals surface area contributed by atoms with E-state index in [1.54, 1.807) is 0 Å². The maximum atomic E-state index is 2.44. The molecule has 5 rings (SSSR count). The van der Waals surface area contributed by atoms with Crippen molar-refractivity contribution in [2.45, 2.75) is 44.9 Å². The number of hydrogen-bond donors (Lipinski definition) is 0. The lowest BCUT2D eigenvalue weighted by atomic mass is 9.82. The van der Waals surface area contributed by atoms with Gasteiger partial charge in [-0.15, -0.1) is 0 Å². The van der Waals surface area contributed by atoms with Crippen molar-refractivity contribution in [3.63, 3.8) is 0 Å². The topological polar surface area (TPSA) is 3.24 Å². The Morgan fingerprint density at radius 3 is 1.72 bits per heavy atom. The summed E-state index contributed by atoms with van der Waals surface area (Å²) >= 11 is 0. The maximum Gasteiger partial charge on any atom is 0.0540 e. The highest BCUT2D eigenvalue weighted by atomic mass is 15.1.